The Morgan fingerprint density at radius 2 is 1.52 bits per heavy atom. The predicted octanol–water partition coefficient (Wildman–Crippen LogP) is 6.62. The SMILES string of the molecule is O=C(Nc1nnc(-c2cn(-c3ccccc3)nc2-c2ccc(Cl)cc2)s1)c1ccc(Cl)cc1. The number of rotatable bonds is 5. The van der Waals surface area contributed by atoms with Crippen LogP contribution in [0.3, 0.4) is 0 Å². The monoisotopic (exact) mass is 491 g/mol. The first kappa shape index (κ1) is 21.3. The minimum atomic E-state index is -0.285. The van der Waals surface area contributed by atoms with Gasteiger partial charge in [-0.05, 0) is 48.5 Å². The third-order valence-electron chi connectivity index (χ3n) is 4.83. The van der Waals surface area contributed by atoms with E-state index < -0.39 is 0 Å². The minimum absolute atomic E-state index is 0.285. The van der Waals surface area contributed by atoms with Crippen LogP contribution in [-0.2, 0) is 0 Å². The van der Waals surface area contributed by atoms with Crippen molar-refractivity contribution >= 4 is 45.6 Å². The Hall–Kier alpha value is -3.52. The van der Waals surface area contributed by atoms with Crippen LogP contribution in [0.4, 0.5) is 5.13 Å². The molecule has 6 nitrogen and oxygen atoms in total. The molecule has 0 saturated carbocycles. The number of hydrogen-bond donors (Lipinski definition) is 1. The maximum absolute atomic E-state index is 12.5. The van der Waals surface area contributed by atoms with Gasteiger partial charge in [0.05, 0.1) is 11.3 Å². The van der Waals surface area contributed by atoms with Gasteiger partial charge in [-0.3, -0.25) is 10.1 Å². The fourth-order valence-corrected chi connectivity index (χ4v) is 4.22. The van der Waals surface area contributed by atoms with Gasteiger partial charge in [0.25, 0.3) is 5.91 Å². The van der Waals surface area contributed by atoms with Gasteiger partial charge in [-0.25, -0.2) is 4.68 Å². The molecule has 5 rings (SSSR count). The molecule has 2 heterocycles. The summed E-state index contributed by atoms with van der Waals surface area (Å²) in [5.74, 6) is -0.285. The van der Waals surface area contributed by atoms with Crippen molar-refractivity contribution in [3.05, 3.63) is 101 Å². The predicted molar refractivity (Wildman–Crippen MR) is 132 cm³/mol. The second-order valence-corrected chi connectivity index (χ2v) is 8.90. The smallest absolute Gasteiger partial charge is 0.257 e. The van der Waals surface area contributed by atoms with Gasteiger partial charge >= 0.3 is 0 Å². The first-order chi connectivity index (χ1) is 16.1. The van der Waals surface area contributed by atoms with Crippen molar-refractivity contribution in [2.45, 2.75) is 0 Å². The maximum atomic E-state index is 12.5. The Kier molecular flexibility index (Phi) is 5.92. The van der Waals surface area contributed by atoms with Crippen LogP contribution in [0, 0.1) is 0 Å². The third kappa shape index (κ3) is 4.66. The van der Waals surface area contributed by atoms with Crippen molar-refractivity contribution in [2.75, 3.05) is 5.32 Å². The van der Waals surface area contributed by atoms with Crippen LogP contribution in [0.1, 0.15) is 10.4 Å². The lowest BCUT2D eigenvalue weighted by molar-refractivity contribution is 0.102. The lowest BCUT2D eigenvalue weighted by atomic mass is 10.1. The number of anilines is 1. The molecule has 0 atom stereocenters. The van der Waals surface area contributed by atoms with Crippen LogP contribution in [-0.4, -0.2) is 25.9 Å². The van der Waals surface area contributed by atoms with Gasteiger partial charge in [-0.15, -0.1) is 10.2 Å². The van der Waals surface area contributed by atoms with Crippen molar-refractivity contribution in [3.8, 4) is 27.5 Å². The summed E-state index contributed by atoms with van der Waals surface area (Å²) in [5.41, 5.74) is 3.83. The van der Waals surface area contributed by atoms with E-state index in [-0.39, 0.29) is 5.91 Å². The van der Waals surface area contributed by atoms with Gasteiger partial charge in [0.1, 0.15) is 5.69 Å². The molecule has 0 spiro atoms. The zero-order valence-corrected chi connectivity index (χ0v) is 19.3. The molecule has 3 aromatic carbocycles. The molecule has 0 aliphatic heterocycles. The first-order valence-electron chi connectivity index (χ1n) is 9.89. The van der Waals surface area contributed by atoms with Crippen LogP contribution in [0.5, 0.6) is 0 Å². The molecule has 9 heteroatoms. The summed E-state index contributed by atoms with van der Waals surface area (Å²) in [5, 5.41) is 18.3. The first-order valence-corrected chi connectivity index (χ1v) is 11.5. The number of carbonyl (C=O) groups excluding carboxylic acids is 1. The van der Waals surface area contributed by atoms with Crippen molar-refractivity contribution in [3.63, 3.8) is 0 Å². The van der Waals surface area contributed by atoms with E-state index in [1.165, 1.54) is 11.3 Å². The van der Waals surface area contributed by atoms with E-state index in [4.69, 9.17) is 28.3 Å². The highest BCUT2D eigenvalue weighted by molar-refractivity contribution is 7.18. The molecule has 1 amide bonds. The highest BCUT2D eigenvalue weighted by Gasteiger charge is 2.19. The molecule has 1 N–H and O–H groups in total. The molecular formula is C24H15Cl2N5OS. The molecule has 33 heavy (non-hydrogen) atoms. The number of carbonyl (C=O) groups is 1. The zero-order chi connectivity index (χ0) is 22.8. The summed E-state index contributed by atoms with van der Waals surface area (Å²) in [4.78, 5) is 12.5. The average Bonchev–Trinajstić information content (AvgIpc) is 3.48. The molecule has 0 fully saturated rings. The number of nitrogens with one attached hydrogen (secondary N) is 1. The summed E-state index contributed by atoms with van der Waals surface area (Å²) in [6.07, 6.45) is 1.91. The van der Waals surface area contributed by atoms with Crippen LogP contribution in [0.25, 0.3) is 27.5 Å². The summed E-state index contributed by atoms with van der Waals surface area (Å²) in [6.45, 7) is 0. The van der Waals surface area contributed by atoms with E-state index in [9.17, 15) is 4.79 Å². The zero-order valence-electron chi connectivity index (χ0n) is 16.9. The van der Waals surface area contributed by atoms with Gasteiger partial charge in [-0.1, -0.05) is 64.9 Å². The molecule has 0 unspecified atom stereocenters. The van der Waals surface area contributed by atoms with E-state index >= 15 is 0 Å². The minimum Gasteiger partial charge on any atom is -0.296 e. The summed E-state index contributed by atoms with van der Waals surface area (Å²) < 4.78 is 1.80. The van der Waals surface area contributed by atoms with Crippen molar-refractivity contribution in [1.82, 2.24) is 20.0 Å². The third-order valence-corrected chi connectivity index (χ3v) is 6.21. The quantitative estimate of drug-likeness (QED) is 0.299. The number of amides is 1. The Morgan fingerprint density at radius 1 is 0.848 bits per heavy atom. The Balaban J connectivity index is 1.50. The van der Waals surface area contributed by atoms with Gasteiger partial charge in [-0.2, -0.15) is 5.10 Å². The highest BCUT2D eigenvalue weighted by Crippen LogP contribution is 2.35. The number of hydrogen-bond acceptors (Lipinski definition) is 5. The number of nitrogens with zero attached hydrogens (tertiary/aromatic N) is 4. The number of para-hydroxylation sites is 1. The fraction of sp³-hybridized carbons (Fsp3) is 0. The molecule has 0 saturated heterocycles. The molecule has 0 bridgehead atoms. The molecular weight excluding hydrogens is 477 g/mol. The van der Waals surface area contributed by atoms with Crippen LogP contribution >= 0.6 is 34.5 Å². The van der Waals surface area contributed by atoms with Crippen LogP contribution in [0.15, 0.2) is 85.1 Å². The van der Waals surface area contributed by atoms with Gasteiger partial charge in [0.15, 0.2) is 5.01 Å². The van der Waals surface area contributed by atoms with E-state index in [0.29, 0.717) is 25.7 Å². The number of halogens is 2. The van der Waals surface area contributed by atoms with E-state index in [1.807, 2.05) is 60.8 Å². The Bertz CT molecular complexity index is 1410. The van der Waals surface area contributed by atoms with Gasteiger partial charge in [0, 0.05) is 27.4 Å². The van der Waals surface area contributed by atoms with Gasteiger partial charge in [0.2, 0.25) is 5.13 Å². The molecule has 5 aromatic rings. The Morgan fingerprint density at radius 3 is 2.21 bits per heavy atom. The lowest BCUT2D eigenvalue weighted by Gasteiger charge is -2.01. The normalized spacial score (nSPS) is 10.8. The molecule has 0 radical (unpaired) electrons. The van der Waals surface area contributed by atoms with Crippen molar-refractivity contribution in [1.29, 1.82) is 0 Å². The lowest BCUT2D eigenvalue weighted by Crippen LogP contribution is -2.11. The highest BCUT2D eigenvalue weighted by atomic mass is 35.5. The van der Waals surface area contributed by atoms with E-state index in [1.54, 1.807) is 28.9 Å². The largest absolute Gasteiger partial charge is 0.296 e. The van der Waals surface area contributed by atoms with Gasteiger partial charge < -0.3 is 0 Å². The second kappa shape index (κ2) is 9.15. The second-order valence-electron chi connectivity index (χ2n) is 7.05. The van der Waals surface area contributed by atoms with E-state index in [0.717, 1.165) is 22.5 Å². The van der Waals surface area contributed by atoms with Crippen LogP contribution < -0.4 is 5.32 Å². The summed E-state index contributed by atoms with van der Waals surface area (Å²) in [7, 11) is 0. The molecule has 2 aromatic heterocycles. The summed E-state index contributed by atoms with van der Waals surface area (Å²) >= 11 is 13.2. The maximum Gasteiger partial charge on any atom is 0.257 e. The number of benzene rings is 3. The molecule has 162 valence electrons. The van der Waals surface area contributed by atoms with E-state index in [2.05, 4.69) is 15.5 Å². The topological polar surface area (TPSA) is 72.7 Å². The van der Waals surface area contributed by atoms with Crippen LogP contribution in [0.2, 0.25) is 10.0 Å². The Labute approximate surface area is 203 Å². The standard InChI is InChI=1S/C24H15Cl2N5OS/c25-17-10-6-15(7-11-17)21-20(14-31(30-21)19-4-2-1-3-5-19)23-28-29-24(33-23)27-22(32)16-8-12-18(26)13-9-16/h1-14H,(H,27,29,32). The molecule has 0 aliphatic carbocycles. The molecule has 0 aliphatic rings. The fourth-order valence-electron chi connectivity index (χ4n) is 3.22. The van der Waals surface area contributed by atoms with Crippen molar-refractivity contribution in [2.24, 2.45) is 0 Å². The summed E-state index contributed by atoms with van der Waals surface area (Å²) in [6, 6.07) is 23.9. The van der Waals surface area contributed by atoms with Crippen molar-refractivity contribution < 1.29 is 4.79 Å². The average molecular weight is 492 g/mol. The number of aromatic nitrogens is 4.